The van der Waals surface area contributed by atoms with Gasteiger partial charge >= 0.3 is 0 Å². The third-order valence-electron chi connectivity index (χ3n) is 4.33. The zero-order valence-corrected chi connectivity index (χ0v) is 11.1. The van der Waals surface area contributed by atoms with Gasteiger partial charge in [-0.3, -0.25) is 4.90 Å². The van der Waals surface area contributed by atoms with Crippen molar-refractivity contribution in [1.29, 1.82) is 0 Å². The Bertz CT molecular complexity index is 240. The Morgan fingerprint density at radius 3 is 2.75 bits per heavy atom. The van der Waals surface area contributed by atoms with Crippen LogP contribution >= 0.6 is 0 Å². The average molecular weight is 226 g/mol. The second-order valence-corrected chi connectivity index (χ2v) is 6.04. The largest absolute Gasteiger partial charge is 0.377 e. The SMILES string of the molecule is CC(C)OCCN1CC2CNCC2C1(C)C. The first-order chi connectivity index (χ1) is 7.51. The molecular weight excluding hydrogens is 200 g/mol. The number of nitrogens with one attached hydrogen (secondary N) is 1. The normalized spacial score (nSPS) is 33.6. The van der Waals surface area contributed by atoms with E-state index in [-0.39, 0.29) is 0 Å². The number of hydrogen-bond acceptors (Lipinski definition) is 3. The minimum Gasteiger partial charge on any atom is -0.377 e. The van der Waals surface area contributed by atoms with Gasteiger partial charge in [0.15, 0.2) is 0 Å². The van der Waals surface area contributed by atoms with Crippen LogP contribution in [0.1, 0.15) is 27.7 Å². The van der Waals surface area contributed by atoms with E-state index in [9.17, 15) is 0 Å². The number of ether oxygens (including phenoxy) is 1. The molecule has 2 unspecified atom stereocenters. The van der Waals surface area contributed by atoms with E-state index in [0.29, 0.717) is 11.6 Å². The summed E-state index contributed by atoms with van der Waals surface area (Å²) >= 11 is 0. The molecule has 0 bridgehead atoms. The highest BCUT2D eigenvalue weighted by atomic mass is 16.5. The van der Waals surface area contributed by atoms with Crippen LogP contribution in [0.15, 0.2) is 0 Å². The minimum absolute atomic E-state index is 0.342. The summed E-state index contributed by atoms with van der Waals surface area (Å²) in [7, 11) is 0. The summed E-state index contributed by atoms with van der Waals surface area (Å²) in [5.41, 5.74) is 0.342. The van der Waals surface area contributed by atoms with E-state index in [2.05, 4.69) is 37.9 Å². The van der Waals surface area contributed by atoms with Crippen LogP contribution in [-0.2, 0) is 4.74 Å². The highest BCUT2D eigenvalue weighted by Gasteiger charge is 2.48. The van der Waals surface area contributed by atoms with E-state index in [0.717, 1.165) is 25.0 Å². The van der Waals surface area contributed by atoms with Gasteiger partial charge in [0, 0.05) is 25.2 Å². The second-order valence-electron chi connectivity index (χ2n) is 6.04. The lowest BCUT2D eigenvalue weighted by atomic mass is 9.85. The predicted molar refractivity (Wildman–Crippen MR) is 66.6 cm³/mol. The van der Waals surface area contributed by atoms with E-state index in [1.807, 2.05) is 0 Å². The summed E-state index contributed by atoms with van der Waals surface area (Å²) in [5, 5.41) is 3.52. The van der Waals surface area contributed by atoms with Gasteiger partial charge in [-0.15, -0.1) is 0 Å². The van der Waals surface area contributed by atoms with Gasteiger partial charge in [-0.1, -0.05) is 0 Å². The molecule has 2 aliphatic rings. The Hall–Kier alpha value is -0.120. The topological polar surface area (TPSA) is 24.5 Å². The van der Waals surface area contributed by atoms with Crippen LogP contribution in [0.2, 0.25) is 0 Å². The van der Waals surface area contributed by atoms with Gasteiger partial charge in [0.2, 0.25) is 0 Å². The highest BCUT2D eigenvalue weighted by molar-refractivity contribution is 5.04. The third kappa shape index (κ3) is 2.27. The van der Waals surface area contributed by atoms with Gasteiger partial charge in [-0.25, -0.2) is 0 Å². The molecule has 2 atom stereocenters. The number of nitrogens with zero attached hydrogens (tertiary/aromatic N) is 1. The van der Waals surface area contributed by atoms with Gasteiger partial charge < -0.3 is 10.1 Å². The summed E-state index contributed by atoms with van der Waals surface area (Å²) in [6.45, 7) is 14.6. The van der Waals surface area contributed by atoms with E-state index >= 15 is 0 Å². The molecule has 0 aromatic carbocycles. The molecule has 3 heteroatoms. The van der Waals surface area contributed by atoms with Crippen molar-refractivity contribution in [3.8, 4) is 0 Å². The molecule has 0 aromatic rings. The standard InChI is InChI=1S/C13H26N2O/c1-10(2)16-6-5-15-9-11-7-14-8-12(11)13(15,3)4/h10-12,14H,5-9H2,1-4H3. The zero-order valence-electron chi connectivity index (χ0n) is 11.1. The van der Waals surface area contributed by atoms with Crippen molar-refractivity contribution < 1.29 is 4.74 Å². The fraction of sp³-hybridized carbons (Fsp3) is 1.00. The summed E-state index contributed by atoms with van der Waals surface area (Å²) in [6, 6.07) is 0. The van der Waals surface area contributed by atoms with Crippen molar-refractivity contribution in [3.63, 3.8) is 0 Å². The quantitative estimate of drug-likeness (QED) is 0.783. The molecular formula is C13H26N2O. The van der Waals surface area contributed by atoms with Crippen LogP contribution in [0.4, 0.5) is 0 Å². The van der Waals surface area contributed by atoms with Crippen molar-refractivity contribution in [2.75, 3.05) is 32.8 Å². The molecule has 0 aromatic heterocycles. The van der Waals surface area contributed by atoms with Gasteiger partial charge in [-0.2, -0.15) is 0 Å². The van der Waals surface area contributed by atoms with Gasteiger partial charge in [0.05, 0.1) is 12.7 Å². The van der Waals surface area contributed by atoms with Crippen molar-refractivity contribution >= 4 is 0 Å². The predicted octanol–water partition coefficient (Wildman–Crippen LogP) is 1.34. The number of fused-ring (bicyclic) bond motifs is 1. The maximum absolute atomic E-state index is 5.66. The zero-order chi connectivity index (χ0) is 11.8. The Labute approximate surface area is 99.5 Å². The number of likely N-dealkylation sites (tertiary alicyclic amines) is 1. The number of rotatable bonds is 4. The molecule has 2 heterocycles. The molecule has 16 heavy (non-hydrogen) atoms. The van der Waals surface area contributed by atoms with E-state index < -0.39 is 0 Å². The number of hydrogen-bond donors (Lipinski definition) is 1. The van der Waals surface area contributed by atoms with Gasteiger partial charge in [0.1, 0.15) is 0 Å². The van der Waals surface area contributed by atoms with E-state index in [1.165, 1.54) is 19.6 Å². The smallest absolute Gasteiger partial charge is 0.0597 e. The van der Waals surface area contributed by atoms with Crippen LogP contribution in [0.3, 0.4) is 0 Å². The van der Waals surface area contributed by atoms with Crippen LogP contribution in [0.25, 0.3) is 0 Å². The summed E-state index contributed by atoms with van der Waals surface area (Å²) < 4.78 is 5.66. The molecule has 94 valence electrons. The van der Waals surface area contributed by atoms with Crippen molar-refractivity contribution in [3.05, 3.63) is 0 Å². The summed E-state index contributed by atoms with van der Waals surface area (Å²) in [5.74, 6) is 1.68. The molecule has 0 spiro atoms. The van der Waals surface area contributed by atoms with Crippen LogP contribution in [0, 0.1) is 11.8 Å². The van der Waals surface area contributed by atoms with E-state index in [1.54, 1.807) is 0 Å². The van der Waals surface area contributed by atoms with Crippen LogP contribution < -0.4 is 5.32 Å². The van der Waals surface area contributed by atoms with Crippen molar-refractivity contribution in [2.24, 2.45) is 11.8 Å². The Kier molecular flexibility index (Phi) is 3.57. The lowest BCUT2D eigenvalue weighted by Gasteiger charge is -2.35. The Balaban J connectivity index is 1.86. The van der Waals surface area contributed by atoms with Gasteiger partial charge in [-0.05, 0) is 46.1 Å². The molecule has 2 rings (SSSR count). The molecule has 2 saturated heterocycles. The maximum atomic E-state index is 5.66. The fourth-order valence-electron chi connectivity index (χ4n) is 3.28. The molecule has 0 saturated carbocycles. The molecule has 0 radical (unpaired) electrons. The van der Waals surface area contributed by atoms with Crippen LogP contribution in [0.5, 0.6) is 0 Å². The molecule has 0 amide bonds. The highest BCUT2D eigenvalue weighted by Crippen LogP contribution is 2.40. The second kappa shape index (κ2) is 4.63. The molecule has 1 N–H and O–H groups in total. The fourth-order valence-corrected chi connectivity index (χ4v) is 3.28. The average Bonchev–Trinajstić information content (AvgIpc) is 2.71. The molecule has 3 nitrogen and oxygen atoms in total. The lowest BCUT2D eigenvalue weighted by molar-refractivity contribution is 0.0385. The molecule has 0 aliphatic carbocycles. The monoisotopic (exact) mass is 226 g/mol. The first-order valence-electron chi connectivity index (χ1n) is 6.59. The van der Waals surface area contributed by atoms with Crippen LogP contribution in [-0.4, -0.2) is 49.3 Å². The molecule has 2 fully saturated rings. The van der Waals surface area contributed by atoms with Crippen molar-refractivity contribution in [2.45, 2.75) is 39.3 Å². The molecule has 2 aliphatic heterocycles. The maximum Gasteiger partial charge on any atom is 0.0597 e. The van der Waals surface area contributed by atoms with E-state index in [4.69, 9.17) is 4.74 Å². The Morgan fingerprint density at radius 2 is 2.12 bits per heavy atom. The lowest BCUT2D eigenvalue weighted by Crippen LogP contribution is -2.45. The summed E-state index contributed by atoms with van der Waals surface area (Å²) in [6.07, 6.45) is 0.354. The first kappa shape index (κ1) is 12.3. The van der Waals surface area contributed by atoms with Crippen molar-refractivity contribution in [1.82, 2.24) is 10.2 Å². The third-order valence-corrected chi connectivity index (χ3v) is 4.33. The first-order valence-corrected chi connectivity index (χ1v) is 6.59. The minimum atomic E-state index is 0.342. The summed E-state index contributed by atoms with van der Waals surface area (Å²) in [4.78, 5) is 2.62. The van der Waals surface area contributed by atoms with Gasteiger partial charge in [0.25, 0.3) is 0 Å². The Morgan fingerprint density at radius 1 is 1.38 bits per heavy atom.